The fourth-order valence-electron chi connectivity index (χ4n) is 1.42. The van der Waals surface area contributed by atoms with Crippen molar-refractivity contribution < 1.29 is 4.79 Å². The SMILES string of the molecule is Cc1cccc(C(=O)CCCBr)c1C. The number of Topliss-reactive ketones (excluding diaryl/α,β-unsaturated/α-hetero) is 1. The fraction of sp³-hybridized carbons (Fsp3) is 0.417. The van der Waals surface area contributed by atoms with Crippen LogP contribution in [0, 0.1) is 13.8 Å². The van der Waals surface area contributed by atoms with Crippen molar-refractivity contribution in [1.82, 2.24) is 0 Å². The Morgan fingerprint density at radius 2 is 2.07 bits per heavy atom. The standard InChI is InChI=1S/C12H15BrO/c1-9-5-3-6-11(10(9)2)12(14)7-4-8-13/h3,5-6H,4,7-8H2,1-2H3. The molecule has 0 saturated carbocycles. The minimum Gasteiger partial charge on any atom is -0.294 e. The highest BCUT2D eigenvalue weighted by molar-refractivity contribution is 9.09. The summed E-state index contributed by atoms with van der Waals surface area (Å²) in [6, 6.07) is 5.90. The summed E-state index contributed by atoms with van der Waals surface area (Å²) < 4.78 is 0. The van der Waals surface area contributed by atoms with Gasteiger partial charge in [0.05, 0.1) is 0 Å². The number of carbonyl (C=O) groups is 1. The highest BCUT2D eigenvalue weighted by atomic mass is 79.9. The van der Waals surface area contributed by atoms with Crippen LogP contribution >= 0.6 is 15.9 Å². The summed E-state index contributed by atoms with van der Waals surface area (Å²) in [6.45, 7) is 4.05. The molecule has 1 aromatic rings. The zero-order chi connectivity index (χ0) is 10.6. The maximum absolute atomic E-state index is 11.8. The number of alkyl halides is 1. The van der Waals surface area contributed by atoms with Crippen molar-refractivity contribution >= 4 is 21.7 Å². The van der Waals surface area contributed by atoms with Gasteiger partial charge in [-0.2, -0.15) is 0 Å². The van der Waals surface area contributed by atoms with Gasteiger partial charge in [0.25, 0.3) is 0 Å². The lowest BCUT2D eigenvalue weighted by Gasteiger charge is -2.06. The molecular weight excluding hydrogens is 240 g/mol. The molecule has 0 fully saturated rings. The lowest BCUT2D eigenvalue weighted by Crippen LogP contribution is -2.02. The van der Waals surface area contributed by atoms with E-state index in [2.05, 4.69) is 15.9 Å². The predicted molar refractivity (Wildman–Crippen MR) is 63.3 cm³/mol. The minimum atomic E-state index is 0.255. The number of carbonyl (C=O) groups excluding carboxylic acids is 1. The molecule has 0 radical (unpaired) electrons. The van der Waals surface area contributed by atoms with E-state index < -0.39 is 0 Å². The molecule has 14 heavy (non-hydrogen) atoms. The lowest BCUT2D eigenvalue weighted by molar-refractivity contribution is 0.0981. The molecule has 0 unspecified atom stereocenters. The average molecular weight is 255 g/mol. The first kappa shape index (κ1) is 11.4. The first-order chi connectivity index (χ1) is 6.66. The van der Waals surface area contributed by atoms with Crippen molar-refractivity contribution in [3.63, 3.8) is 0 Å². The second-order valence-electron chi connectivity index (χ2n) is 3.46. The topological polar surface area (TPSA) is 17.1 Å². The summed E-state index contributed by atoms with van der Waals surface area (Å²) in [5.41, 5.74) is 3.19. The zero-order valence-corrected chi connectivity index (χ0v) is 10.2. The Morgan fingerprint density at radius 1 is 1.36 bits per heavy atom. The molecule has 0 aliphatic heterocycles. The molecule has 0 aliphatic carbocycles. The Bertz CT molecular complexity index is 331. The molecule has 0 saturated heterocycles. The van der Waals surface area contributed by atoms with Crippen LogP contribution in [0.25, 0.3) is 0 Å². The van der Waals surface area contributed by atoms with Gasteiger partial charge in [-0.05, 0) is 31.4 Å². The zero-order valence-electron chi connectivity index (χ0n) is 8.64. The summed E-state index contributed by atoms with van der Waals surface area (Å²) in [5, 5.41) is 0.892. The molecule has 1 rings (SSSR count). The fourth-order valence-corrected chi connectivity index (χ4v) is 1.70. The van der Waals surface area contributed by atoms with E-state index in [1.54, 1.807) is 0 Å². The number of aryl methyl sites for hydroxylation is 1. The lowest BCUT2D eigenvalue weighted by atomic mass is 9.98. The summed E-state index contributed by atoms with van der Waals surface area (Å²) in [7, 11) is 0. The van der Waals surface area contributed by atoms with Crippen molar-refractivity contribution in [2.45, 2.75) is 26.7 Å². The third kappa shape index (κ3) is 2.68. The van der Waals surface area contributed by atoms with Gasteiger partial charge in [0.1, 0.15) is 0 Å². The van der Waals surface area contributed by atoms with E-state index in [1.807, 2.05) is 32.0 Å². The molecular formula is C12H15BrO. The van der Waals surface area contributed by atoms with Crippen molar-refractivity contribution in [3.05, 3.63) is 34.9 Å². The monoisotopic (exact) mass is 254 g/mol. The molecule has 0 heterocycles. The van der Waals surface area contributed by atoms with E-state index in [-0.39, 0.29) is 5.78 Å². The number of benzene rings is 1. The first-order valence-corrected chi connectivity index (χ1v) is 5.94. The Labute approximate surface area is 93.7 Å². The van der Waals surface area contributed by atoms with Gasteiger partial charge in [-0.15, -0.1) is 0 Å². The molecule has 0 amide bonds. The quantitative estimate of drug-likeness (QED) is 0.592. The third-order valence-corrected chi connectivity index (χ3v) is 3.00. The van der Waals surface area contributed by atoms with Gasteiger partial charge in [0.15, 0.2) is 5.78 Å². The summed E-state index contributed by atoms with van der Waals surface area (Å²) >= 11 is 3.33. The summed E-state index contributed by atoms with van der Waals surface area (Å²) in [5.74, 6) is 0.255. The molecule has 2 heteroatoms. The van der Waals surface area contributed by atoms with Crippen LogP contribution in [0.5, 0.6) is 0 Å². The van der Waals surface area contributed by atoms with Crippen molar-refractivity contribution in [1.29, 1.82) is 0 Å². The van der Waals surface area contributed by atoms with E-state index >= 15 is 0 Å². The van der Waals surface area contributed by atoms with Crippen LogP contribution in [0.2, 0.25) is 0 Å². The largest absolute Gasteiger partial charge is 0.294 e. The van der Waals surface area contributed by atoms with Gasteiger partial charge in [0.2, 0.25) is 0 Å². The Balaban J connectivity index is 2.84. The van der Waals surface area contributed by atoms with Crippen molar-refractivity contribution in [2.24, 2.45) is 0 Å². The van der Waals surface area contributed by atoms with Crippen LogP contribution in [0.1, 0.15) is 34.3 Å². The second kappa shape index (κ2) is 5.30. The molecule has 0 spiro atoms. The van der Waals surface area contributed by atoms with Gasteiger partial charge >= 0.3 is 0 Å². The predicted octanol–water partition coefficient (Wildman–Crippen LogP) is 3.66. The molecule has 1 nitrogen and oxygen atoms in total. The number of ketones is 1. The van der Waals surface area contributed by atoms with Crippen molar-refractivity contribution in [2.75, 3.05) is 5.33 Å². The van der Waals surface area contributed by atoms with Crippen molar-refractivity contribution in [3.8, 4) is 0 Å². The van der Waals surface area contributed by atoms with E-state index in [4.69, 9.17) is 0 Å². The van der Waals surface area contributed by atoms with E-state index in [9.17, 15) is 4.79 Å². The number of hydrogen-bond donors (Lipinski definition) is 0. The number of hydrogen-bond acceptors (Lipinski definition) is 1. The maximum Gasteiger partial charge on any atom is 0.163 e. The van der Waals surface area contributed by atoms with Crippen LogP contribution in [0.3, 0.4) is 0 Å². The normalized spacial score (nSPS) is 10.2. The van der Waals surface area contributed by atoms with Crippen LogP contribution in [0.15, 0.2) is 18.2 Å². The molecule has 76 valence electrons. The third-order valence-electron chi connectivity index (χ3n) is 2.44. The van der Waals surface area contributed by atoms with Gasteiger partial charge in [-0.25, -0.2) is 0 Å². The van der Waals surface area contributed by atoms with Gasteiger partial charge in [0, 0.05) is 17.3 Å². The van der Waals surface area contributed by atoms with Crippen LogP contribution in [-0.4, -0.2) is 11.1 Å². The highest BCUT2D eigenvalue weighted by Gasteiger charge is 2.08. The van der Waals surface area contributed by atoms with Crippen LogP contribution < -0.4 is 0 Å². The van der Waals surface area contributed by atoms with Crippen LogP contribution in [-0.2, 0) is 0 Å². The van der Waals surface area contributed by atoms with E-state index in [1.165, 1.54) is 5.56 Å². The first-order valence-electron chi connectivity index (χ1n) is 4.82. The molecule has 1 aromatic carbocycles. The second-order valence-corrected chi connectivity index (χ2v) is 4.26. The average Bonchev–Trinajstić information content (AvgIpc) is 2.18. The Kier molecular flexibility index (Phi) is 4.33. The molecule has 0 aliphatic rings. The molecule has 0 bridgehead atoms. The maximum atomic E-state index is 11.8. The van der Waals surface area contributed by atoms with E-state index in [0.717, 1.165) is 22.9 Å². The highest BCUT2D eigenvalue weighted by Crippen LogP contribution is 2.15. The number of rotatable bonds is 4. The minimum absolute atomic E-state index is 0.255. The molecule has 0 N–H and O–H groups in total. The van der Waals surface area contributed by atoms with Gasteiger partial charge < -0.3 is 0 Å². The van der Waals surface area contributed by atoms with E-state index in [0.29, 0.717) is 6.42 Å². The molecule has 0 aromatic heterocycles. The Morgan fingerprint density at radius 3 is 2.71 bits per heavy atom. The number of halogens is 1. The van der Waals surface area contributed by atoms with Gasteiger partial charge in [-0.3, -0.25) is 4.79 Å². The summed E-state index contributed by atoms with van der Waals surface area (Å²) in [4.78, 5) is 11.8. The summed E-state index contributed by atoms with van der Waals surface area (Å²) in [6.07, 6.45) is 1.54. The smallest absolute Gasteiger partial charge is 0.163 e. The van der Waals surface area contributed by atoms with Gasteiger partial charge in [-0.1, -0.05) is 34.1 Å². The van der Waals surface area contributed by atoms with Crippen LogP contribution in [0.4, 0.5) is 0 Å². The molecule has 0 atom stereocenters. The Hall–Kier alpha value is -0.630.